The number of nitrogens with one attached hydrogen (secondary N) is 1. The first-order valence-corrected chi connectivity index (χ1v) is 7.00. The molecule has 0 saturated heterocycles. The highest BCUT2D eigenvalue weighted by Crippen LogP contribution is 2.13. The van der Waals surface area contributed by atoms with Gasteiger partial charge in [0.05, 0.1) is 4.90 Å². The highest BCUT2D eigenvalue weighted by Gasteiger charge is 2.16. The van der Waals surface area contributed by atoms with Gasteiger partial charge >= 0.3 is 0 Å². The largest absolute Gasteiger partial charge is 0.329 e. The Hall–Kier alpha value is -0.180. The third kappa shape index (κ3) is 3.71. The average Bonchev–Trinajstić information content (AvgIpc) is 2.17. The molecule has 0 fully saturated rings. The lowest BCUT2D eigenvalue weighted by Gasteiger charge is -2.11. The molecule has 0 aliphatic rings. The third-order valence-corrected chi connectivity index (χ3v) is 4.07. The van der Waals surface area contributed by atoms with Gasteiger partial charge in [0.25, 0.3) is 0 Å². The zero-order chi connectivity index (χ0) is 11.5. The van der Waals surface area contributed by atoms with E-state index in [1.165, 1.54) is 0 Å². The maximum Gasteiger partial charge on any atom is 0.240 e. The van der Waals surface area contributed by atoms with Gasteiger partial charge < -0.3 is 5.73 Å². The van der Waals surface area contributed by atoms with Crippen LogP contribution in [0.25, 0.3) is 0 Å². The van der Waals surface area contributed by atoms with Gasteiger partial charge in [0.15, 0.2) is 0 Å². The van der Waals surface area contributed by atoms with Gasteiger partial charge in [-0.05, 0) is 47.7 Å². The van der Waals surface area contributed by atoms with Gasteiger partial charge in [-0.15, -0.1) is 0 Å². The molecule has 0 amide bonds. The maximum absolute atomic E-state index is 11.8. The van der Waals surface area contributed by atoms with Crippen molar-refractivity contribution in [2.75, 3.05) is 6.54 Å². The van der Waals surface area contributed by atoms with Crippen LogP contribution in [0.1, 0.15) is 6.92 Å². The zero-order valence-electron chi connectivity index (χ0n) is 8.27. The van der Waals surface area contributed by atoms with Crippen LogP contribution in [0.5, 0.6) is 0 Å². The van der Waals surface area contributed by atoms with Crippen molar-refractivity contribution in [1.82, 2.24) is 4.72 Å². The van der Waals surface area contributed by atoms with Crippen LogP contribution >= 0.6 is 22.6 Å². The fourth-order valence-corrected chi connectivity index (χ4v) is 3.07. The molecule has 1 atom stereocenters. The summed E-state index contributed by atoms with van der Waals surface area (Å²) in [5.41, 5.74) is 5.36. The van der Waals surface area contributed by atoms with Crippen molar-refractivity contribution >= 4 is 32.6 Å². The van der Waals surface area contributed by atoms with Gasteiger partial charge in [-0.25, -0.2) is 13.1 Å². The maximum atomic E-state index is 11.8. The molecule has 0 saturated carbocycles. The highest BCUT2D eigenvalue weighted by molar-refractivity contribution is 14.1. The minimum absolute atomic E-state index is 0.257. The molecule has 1 aromatic carbocycles. The number of hydrogen-bond acceptors (Lipinski definition) is 3. The minimum Gasteiger partial charge on any atom is -0.329 e. The van der Waals surface area contributed by atoms with Crippen LogP contribution in [0, 0.1) is 3.57 Å². The molecule has 1 rings (SSSR count). The second-order valence-electron chi connectivity index (χ2n) is 3.22. The van der Waals surface area contributed by atoms with E-state index >= 15 is 0 Å². The smallest absolute Gasteiger partial charge is 0.240 e. The Morgan fingerprint density at radius 3 is 2.73 bits per heavy atom. The van der Waals surface area contributed by atoms with E-state index in [2.05, 4.69) is 27.3 Å². The van der Waals surface area contributed by atoms with Gasteiger partial charge in [0, 0.05) is 16.2 Å². The summed E-state index contributed by atoms with van der Waals surface area (Å²) in [5, 5.41) is 0. The van der Waals surface area contributed by atoms with Crippen molar-refractivity contribution in [1.29, 1.82) is 0 Å². The molecule has 0 aromatic heterocycles. The Bertz CT molecular complexity index is 433. The standard InChI is InChI=1S/C9H13IN2O2S/c1-7(6-11)12-15(13,14)9-4-2-3-8(10)5-9/h2-5,7,12H,6,11H2,1H3/t7-/m1/s1. The summed E-state index contributed by atoms with van der Waals surface area (Å²) >= 11 is 2.07. The van der Waals surface area contributed by atoms with Gasteiger partial charge in [-0.1, -0.05) is 6.07 Å². The SMILES string of the molecule is C[C@H](CN)NS(=O)(=O)c1cccc(I)c1. The van der Waals surface area contributed by atoms with E-state index in [1.807, 2.05) is 6.07 Å². The summed E-state index contributed by atoms with van der Waals surface area (Å²) < 4.78 is 26.9. The van der Waals surface area contributed by atoms with Crippen LogP contribution in [0.4, 0.5) is 0 Å². The number of halogens is 1. The predicted molar refractivity (Wildman–Crippen MR) is 68.0 cm³/mol. The molecule has 3 N–H and O–H groups in total. The summed E-state index contributed by atoms with van der Waals surface area (Å²) in [6.07, 6.45) is 0. The monoisotopic (exact) mass is 340 g/mol. The molecular formula is C9H13IN2O2S. The van der Waals surface area contributed by atoms with E-state index in [-0.39, 0.29) is 17.5 Å². The molecule has 1 aromatic rings. The molecule has 0 bridgehead atoms. The van der Waals surface area contributed by atoms with E-state index in [1.54, 1.807) is 25.1 Å². The first-order chi connectivity index (χ1) is 6.95. The van der Waals surface area contributed by atoms with Crippen molar-refractivity contribution in [2.45, 2.75) is 17.9 Å². The van der Waals surface area contributed by atoms with Gasteiger partial charge in [-0.3, -0.25) is 0 Å². The van der Waals surface area contributed by atoms with Crippen molar-refractivity contribution in [3.63, 3.8) is 0 Å². The Balaban J connectivity index is 2.96. The number of benzene rings is 1. The Morgan fingerprint density at radius 2 is 2.20 bits per heavy atom. The molecule has 4 nitrogen and oxygen atoms in total. The number of nitrogens with two attached hydrogens (primary N) is 1. The quantitative estimate of drug-likeness (QED) is 0.801. The van der Waals surface area contributed by atoms with Crippen LogP contribution in [-0.4, -0.2) is 21.0 Å². The van der Waals surface area contributed by atoms with Crippen molar-refractivity contribution < 1.29 is 8.42 Å². The number of rotatable bonds is 4. The summed E-state index contributed by atoms with van der Waals surface area (Å²) in [4.78, 5) is 0.273. The van der Waals surface area contributed by atoms with E-state index in [4.69, 9.17) is 5.73 Å². The molecule has 0 spiro atoms. The van der Waals surface area contributed by atoms with Crippen LogP contribution in [0.3, 0.4) is 0 Å². The second kappa shape index (κ2) is 5.24. The summed E-state index contributed by atoms with van der Waals surface area (Å²) in [7, 11) is -3.43. The lowest BCUT2D eigenvalue weighted by Crippen LogP contribution is -2.37. The molecule has 6 heteroatoms. The number of hydrogen-bond donors (Lipinski definition) is 2. The second-order valence-corrected chi connectivity index (χ2v) is 6.18. The third-order valence-electron chi connectivity index (χ3n) is 1.82. The summed E-state index contributed by atoms with van der Waals surface area (Å²) in [5.74, 6) is 0. The Morgan fingerprint density at radius 1 is 1.53 bits per heavy atom. The Kier molecular flexibility index (Phi) is 4.50. The zero-order valence-corrected chi connectivity index (χ0v) is 11.2. The molecule has 84 valence electrons. The fraction of sp³-hybridized carbons (Fsp3) is 0.333. The van der Waals surface area contributed by atoms with E-state index in [0.717, 1.165) is 3.57 Å². The predicted octanol–water partition coefficient (Wildman–Crippen LogP) is 0.917. The minimum atomic E-state index is -3.43. The van der Waals surface area contributed by atoms with Gasteiger partial charge in [0.1, 0.15) is 0 Å². The molecule has 15 heavy (non-hydrogen) atoms. The van der Waals surface area contributed by atoms with Crippen LogP contribution in [0.2, 0.25) is 0 Å². The first-order valence-electron chi connectivity index (χ1n) is 4.43. The summed E-state index contributed by atoms with van der Waals surface area (Å²) in [6, 6.07) is 6.47. The topological polar surface area (TPSA) is 72.2 Å². The first kappa shape index (κ1) is 12.9. The normalized spacial score (nSPS) is 13.8. The van der Waals surface area contributed by atoms with Gasteiger partial charge in [0.2, 0.25) is 10.0 Å². The Labute approximate surface area is 103 Å². The van der Waals surface area contributed by atoms with Crippen LogP contribution in [0.15, 0.2) is 29.2 Å². The number of sulfonamides is 1. The fourth-order valence-electron chi connectivity index (χ4n) is 1.02. The molecule has 0 radical (unpaired) electrons. The van der Waals surface area contributed by atoms with Crippen molar-refractivity contribution in [3.8, 4) is 0 Å². The lowest BCUT2D eigenvalue weighted by molar-refractivity contribution is 0.562. The highest BCUT2D eigenvalue weighted by atomic mass is 127. The molecule has 0 unspecified atom stereocenters. The van der Waals surface area contributed by atoms with E-state index in [9.17, 15) is 8.42 Å². The van der Waals surface area contributed by atoms with Crippen molar-refractivity contribution in [3.05, 3.63) is 27.8 Å². The lowest BCUT2D eigenvalue weighted by atomic mass is 10.4. The van der Waals surface area contributed by atoms with E-state index < -0.39 is 10.0 Å². The van der Waals surface area contributed by atoms with Crippen molar-refractivity contribution in [2.24, 2.45) is 5.73 Å². The van der Waals surface area contributed by atoms with Crippen LogP contribution in [-0.2, 0) is 10.0 Å². The van der Waals surface area contributed by atoms with Crippen LogP contribution < -0.4 is 10.5 Å². The molecule has 0 aliphatic carbocycles. The van der Waals surface area contributed by atoms with E-state index in [0.29, 0.717) is 0 Å². The van der Waals surface area contributed by atoms with Gasteiger partial charge in [-0.2, -0.15) is 0 Å². The summed E-state index contributed by atoms with van der Waals surface area (Å²) in [6.45, 7) is 2.01. The molecule has 0 heterocycles. The molecule has 0 aliphatic heterocycles. The average molecular weight is 340 g/mol. The molecular weight excluding hydrogens is 327 g/mol.